The zero-order valence-electron chi connectivity index (χ0n) is 11.5. The molecular weight excluding hydrogens is 465 g/mol. The molecular formula is C16H15Br3FN. The van der Waals surface area contributed by atoms with E-state index in [9.17, 15) is 4.39 Å². The predicted octanol–water partition coefficient (Wildman–Crippen LogP) is 6.20. The Morgan fingerprint density at radius 2 is 1.81 bits per heavy atom. The summed E-state index contributed by atoms with van der Waals surface area (Å²) < 4.78 is 16.9. The van der Waals surface area contributed by atoms with Crippen molar-refractivity contribution < 1.29 is 4.39 Å². The number of hydrogen-bond acceptors (Lipinski definition) is 1. The molecule has 0 bridgehead atoms. The number of nitrogens with one attached hydrogen (secondary N) is 1. The summed E-state index contributed by atoms with van der Waals surface area (Å²) in [5.74, 6) is -0.224. The second kappa shape index (κ2) is 7.86. The molecule has 0 aliphatic heterocycles. The lowest BCUT2D eigenvalue weighted by molar-refractivity contribution is 0.542. The van der Waals surface area contributed by atoms with Crippen LogP contribution in [0.25, 0.3) is 0 Å². The number of benzene rings is 2. The minimum atomic E-state index is -0.224. The van der Waals surface area contributed by atoms with E-state index in [0.717, 1.165) is 27.5 Å². The highest BCUT2D eigenvalue weighted by atomic mass is 79.9. The molecule has 0 fully saturated rings. The van der Waals surface area contributed by atoms with Crippen LogP contribution in [-0.4, -0.2) is 6.54 Å². The molecule has 0 heterocycles. The minimum Gasteiger partial charge on any atom is -0.306 e. The summed E-state index contributed by atoms with van der Waals surface area (Å²) >= 11 is 10.3. The second-order valence-electron chi connectivity index (χ2n) is 4.70. The fraction of sp³-hybridized carbons (Fsp3) is 0.250. The van der Waals surface area contributed by atoms with E-state index in [1.807, 2.05) is 30.3 Å². The van der Waals surface area contributed by atoms with E-state index in [2.05, 4.69) is 60.0 Å². The van der Waals surface area contributed by atoms with Crippen molar-refractivity contribution in [1.29, 1.82) is 0 Å². The topological polar surface area (TPSA) is 12.0 Å². The molecule has 2 aromatic rings. The summed E-state index contributed by atoms with van der Waals surface area (Å²) in [7, 11) is 0. The van der Waals surface area contributed by atoms with Crippen LogP contribution < -0.4 is 5.32 Å². The van der Waals surface area contributed by atoms with E-state index in [1.54, 1.807) is 6.07 Å². The van der Waals surface area contributed by atoms with Crippen LogP contribution in [0.1, 0.15) is 30.5 Å². The average Bonchev–Trinajstić information content (AvgIpc) is 2.47. The lowest BCUT2D eigenvalue weighted by Gasteiger charge is -2.22. The average molecular weight is 480 g/mol. The van der Waals surface area contributed by atoms with Crippen LogP contribution in [0.15, 0.2) is 49.8 Å². The van der Waals surface area contributed by atoms with Gasteiger partial charge in [0, 0.05) is 14.5 Å². The van der Waals surface area contributed by atoms with Crippen LogP contribution in [0.3, 0.4) is 0 Å². The van der Waals surface area contributed by atoms with Gasteiger partial charge >= 0.3 is 0 Å². The maximum atomic E-state index is 14.5. The van der Waals surface area contributed by atoms with Crippen molar-refractivity contribution in [2.45, 2.75) is 19.4 Å². The molecule has 1 atom stereocenters. The van der Waals surface area contributed by atoms with Gasteiger partial charge in [0.05, 0.1) is 10.5 Å². The van der Waals surface area contributed by atoms with Crippen molar-refractivity contribution >= 4 is 47.8 Å². The molecule has 0 amide bonds. The lowest BCUT2D eigenvalue weighted by atomic mass is 9.98. The van der Waals surface area contributed by atoms with E-state index in [0.29, 0.717) is 10.0 Å². The molecule has 5 heteroatoms. The first kappa shape index (κ1) is 17.1. The molecule has 0 saturated carbocycles. The van der Waals surface area contributed by atoms with Gasteiger partial charge in [-0.25, -0.2) is 4.39 Å². The Kier molecular flexibility index (Phi) is 6.41. The van der Waals surface area contributed by atoms with Gasteiger partial charge in [-0.05, 0) is 58.7 Å². The van der Waals surface area contributed by atoms with E-state index in [-0.39, 0.29) is 11.9 Å². The number of rotatable bonds is 5. The number of halogens is 4. The summed E-state index contributed by atoms with van der Waals surface area (Å²) in [6.07, 6.45) is 0.984. The van der Waals surface area contributed by atoms with Gasteiger partial charge in [-0.3, -0.25) is 0 Å². The van der Waals surface area contributed by atoms with Gasteiger partial charge in [0.2, 0.25) is 0 Å². The smallest absolute Gasteiger partial charge is 0.142 e. The van der Waals surface area contributed by atoms with Crippen molar-refractivity contribution in [3.8, 4) is 0 Å². The van der Waals surface area contributed by atoms with E-state index in [4.69, 9.17) is 0 Å². The zero-order chi connectivity index (χ0) is 15.4. The van der Waals surface area contributed by atoms with Gasteiger partial charge in [0.25, 0.3) is 0 Å². The van der Waals surface area contributed by atoms with Crippen LogP contribution in [0, 0.1) is 5.82 Å². The molecule has 2 aromatic carbocycles. The molecule has 1 N–H and O–H groups in total. The summed E-state index contributed by atoms with van der Waals surface area (Å²) in [4.78, 5) is 0. The van der Waals surface area contributed by atoms with Crippen molar-refractivity contribution in [3.63, 3.8) is 0 Å². The van der Waals surface area contributed by atoms with Crippen molar-refractivity contribution in [2.75, 3.05) is 6.54 Å². The standard InChI is InChI=1S/C16H15Br3FN/c1-2-8-21-16(11-4-3-5-14(19)15(11)20)12-9-10(17)6-7-13(12)18/h3-7,9,16,21H,2,8H2,1H3. The third kappa shape index (κ3) is 4.15. The van der Waals surface area contributed by atoms with Crippen molar-refractivity contribution in [2.24, 2.45) is 0 Å². The van der Waals surface area contributed by atoms with Crippen molar-refractivity contribution in [3.05, 3.63) is 66.8 Å². The van der Waals surface area contributed by atoms with E-state index in [1.165, 1.54) is 0 Å². The second-order valence-corrected chi connectivity index (χ2v) is 7.32. The zero-order valence-corrected chi connectivity index (χ0v) is 16.2. The largest absolute Gasteiger partial charge is 0.306 e. The Morgan fingerprint density at radius 3 is 2.52 bits per heavy atom. The maximum Gasteiger partial charge on any atom is 0.142 e. The summed E-state index contributed by atoms with van der Waals surface area (Å²) in [5, 5.41) is 3.43. The molecule has 0 aliphatic rings. The van der Waals surface area contributed by atoms with Gasteiger partial charge in [-0.15, -0.1) is 0 Å². The normalized spacial score (nSPS) is 12.4. The predicted molar refractivity (Wildman–Crippen MR) is 96.1 cm³/mol. The molecule has 0 radical (unpaired) electrons. The minimum absolute atomic E-state index is 0.200. The molecule has 2 rings (SSSR count). The highest BCUT2D eigenvalue weighted by Crippen LogP contribution is 2.33. The van der Waals surface area contributed by atoms with Crippen LogP contribution >= 0.6 is 47.8 Å². The van der Waals surface area contributed by atoms with Crippen LogP contribution in [0.4, 0.5) is 4.39 Å². The van der Waals surface area contributed by atoms with E-state index < -0.39 is 0 Å². The molecule has 1 nitrogen and oxygen atoms in total. The SMILES string of the molecule is CCCNC(c1cc(Br)ccc1Br)c1cccc(Br)c1F. The summed E-state index contributed by atoms with van der Waals surface area (Å²) in [5.41, 5.74) is 1.64. The monoisotopic (exact) mass is 477 g/mol. The van der Waals surface area contributed by atoms with Gasteiger partial charge in [-0.1, -0.05) is 50.9 Å². The summed E-state index contributed by atoms with van der Waals surface area (Å²) in [6, 6.07) is 11.1. The van der Waals surface area contributed by atoms with Gasteiger partial charge < -0.3 is 5.32 Å². The summed E-state index contributed by atoms with van der Waals surface area (Å²) in [6.45, 7) is 2.91. The Bertz CT molecular complexity index is 629. The fourth-order valence-corrected chi connectivity index (χ4v) is 3.39. The first-order valence-electron chi connectivity index (χ1n) is 6.66. The first-order chi connectivity index (χ1) is 10.0. The Hall–Kier alpha value is -0.230. The van der Waals surface area contributed by atoms with Gasteiger partial charge in [0.1, 0.15) is 5.82 Å². The molecule has 0 aromatic heterocycles. The van der Waals surface area contributed by atoms with Gasteiger partial charge in [-0.2, -0.15) is 0 Å². The molecule has 0 aliphatic carbocycles. The highest BCUT2D eigenvalue weighted by Gasteiger charge is 2.21. The third-order valence-corrected chi connectivity index (χ3v) is 4.99. The van der Waals surface area contributed by atoms with Gasteiger partial charge in [0.15, 0.2) is 0 Å². The molecule has 1 unspecified atom stereocenters. The Balaban J connectivity index is 2.52. The molecule has 0 saturated heterocycles. The van der Waals surface area contributed by atoms with Crippen LogP contribution in [0.5, 0.6) is 0 Å². The quantitative estimate of drug-likeness (QED) is 0.538. The van der Waals surface area contributed by atoms with Crippen molar-refractivity contribution in [1.82, 2.24) is 5.32 Å². The maximum absolute atomic E-state index is 14.5. The molecule has 112 valence electrons. The molecule has 21 heavy (non-hydrogen) atoms. The third-order valence-electron chi connectivity index (χ3n) is 3.16. The van der Waals surface area contributed by atoms with Crippen LogP contribution in [-0.2, 0) is 0 Å². The lowest BCUT2D eigenvalue weighted by Crippen LogP contribution is -2.24. The Labute approximate surface area is 149 Å². The fourth-order valence-electron chi connectivity index (χ4n) is 2.16. The number of hydrogen-bond donors (Lipinski definition) is 1. The molecule has 0 spiro atoms. The highest BCUT2D eigenvalue weighted by molar-refractivity contribution is 9.11. The first-order valence-corrected chi connectivity index (χ1v) is 9.04. The van der Waals surface area contributed by atoms with Crippen LogP contribution in [0.2, 0.25) is 0 Å². The van der Waals surface area contributed by atoms with E-state index >= 15 is 0 Å². The Morgan fingerprint density at radius 1 is 1.05 bits per heavy atom.